The molecule has 0 aliphatic carbocycles. The molecule has 1 heterocycles. The van der Waals surface area contributed by atoms with Crippen molar-refractivity contribution >= 4 is 39.1 Å². The van der Waals surface area contributed by atoms with Crippen LogP contribution in [0.1, 0.15) is 36.6 Å². The van der Waals surface area contributed by atoms with Crippen LogP contribution >= 0.6 is 15.9 Å². The van der Waals surface area contributed by atoms with Crippen molar-refractivity contribution in [1.82, 2.24) is 0 Å². The second-order valence-electron chi connectivity index (χ2n) is 9.13. The maximum atomic E-state index is 13.4. The van der Waals surface area contributed by atoms with Crippen molar-refractivity contribution in [3.8, 4) is 11.5 Å². The highest BCUT2D eigenvalue weighted by atomic mass is 79.9. The zero-order valence-electron chi connectivity index (χ0n) is 20.6. The van der Waals surface area contributed by atoms with Crippen molar-refractivity contribution in [1.29, 1.82) is 0 Å². The summed E-state index contributed by atoms with van der Waals surface area (Å²) in [6.07, 6.45) is 0. The minimum Gasteiger partial charge on any atom is -0.507 e. The largest absolute Gasteiger partial charge is 0.507 e. The number of methoxy groups -OCH3 is 1. The molecule has 3 aromatic carbocycles. The average molecular weight is 550 g/mol. The summed E-state index contributed by atoms with van der Waals surface area (Å²) in [5, 5.41) is 11.4. The summed E-state index contributed by atoms with van der Waals surface area (Å²) in [4.78, 5) is 28.2. The van der Waals surface area contributed by atoms with Gasteiger partial charge in [-0.1, -0.05) is 43.7 Å². The Labute approximate surface area is 219 Å². The fourth-order valence-electron chi connectivity index (χ4n) is 4.13. The van der Waals surface area contributed by atoms with Crippen LogP contribution in [0, 0.1) is 12.8 Å². The zero-order chi connectivity index (χ0) is 26.0. The van der Waals surface area contributed by atoms with Crippen LogP contribution in [0.15, 0.2) is 76.8 Å². The summed E-state index contributed by atoms with van der Waals surface area (Å²) < 4.78 is 11.8. The maximum Gasteiger partial charge on any atom is 0.300 e. The minimum absolute atomic E-state index is 0.0126. The maximum absolute atomic E-state index is 13.4. The van der Waals surface area contributed by atoms with Gasteiger partial charge in [-0.3, -0.25) is 14.5 Å². The number of amides is 1. The smallest absolute Gasteiger partial charge is 0.300 e. The normalized spacial score (nSPS) is 17.1. The lowest BCUT2D eigenvalue weighted by atomic mass is 9.95. The first kappa shape index (κ1) is 25.5. The van der Waals surface area contributed by atoms with Crippen molar-refractivity contribution in [2.75, 3.05) is 18.6 Å². The molecule has 7 heteroatoms. The molecule has 1 aliphatic rings. The van der Waals surface area contributed by atoms with Crippen molar-refractivity contribution in [3.63, 3.8) is 0 Å². The Morgan fingerprint density at radius 3 is 2.42 bits per heavy atom. The molecule has 0 aromatic heterocycles. The summed E-state index contributed by atoms with van der Waals surface area (Å²) in [6, 6.07) is 18.8. The number of aliphatic hydroxyl groups is 1. The molecule has 1 amide bonds. The highest BCUT2D eigenvalue weighted by Gasteiger charge is 2.47. The Balaban J connectivity index is 1.89. The molecule has 0 saturated carbocycles. The Kier molecular flexibility index (Phi) is 7.50. The number of anilines is 1. The van der Waals surface area contributed by atoms with Gasteiger partial charge in [-0.15, -0.1) is 0 Å². The van der Waals surface area contributed by atoms with Gasteiger partial charge in [-0.05, 0) is 76.8 Å². The van der Waals surface area contributed by atoms with E-state index in [-0.39, 0.29) is 11.3 Å². The van der Waals surface area contributed by atoms with E-state index in [1.807, 2.05) is 43.3 Å². The monoisotopic (exact) mass is 549 g/mol. The SMILES string of the molecule is COc1ccc(/C(O)=C2\C(=O)C(=O)N(c3ccc(C)cc3)C2c2cccc(OCC(C)C)c2)cc1Br. The lowest BCUT2D eigenvalue weighted by Gasteiger charge is -2.26. The first-order chi connectivity index (χ1) is 17.2. The number of hydrogen-bond acceptors (Lipinski definition) is 5. The van der Waals surface area contributed by atoms with Gasteiger partial charge < -0.3 is 14.6 Å². The highest BCUT2D eigenvalue weighted by Crippen LogP contribution is 2.43. The van der Waals surface area contributed by atoms with Crippen LogP contribution in [-0.4, -0.2) is 30.5 Å². The number of Topliss-reactive ketones (excluding diaryl/α,β-unsaturated/α-hetero) is 1. The number of aliphatic hydroxyl groups excluding tert-OH is 1. The quantitative estimate of drug-likeness (QED) is 0.209. The molecule has 1 aliphatic heterocycles. The summed E-state index contributed by atoms with van der Waals surface area (Å²) in [5.74, 6) is -0.170. The second kappa shape index (κ2) is 10.6. The number of carbonyl (C=O) groups excluding carboxylic acids is 2. The molecular formula is C29H28BrNO5. The number of aryl methyl sites for hydroxylation is 1. The van der Waals surface area contributed by atoms with Gasteiger partial charge in [0.25, 0.3) is 11.7 Å². The molecule has 1 unspecified atom stereocenters. The number of rotatable bonds is 7. The van der Waals surface area contributed by atoms with Crippen molar-refractivity contribution in [3.05, 3.63) is 93.5 Å². The number of carbonyl (C=O) groups is 2. The van der Waals surface area contributed by atoms with Crippen LogP contribution in [0.3, 0.4) is 0 Å². The third-order valence-corrected chi connectivity index (χ3v) is 6.56. The van der Waals surface area contributed by atoms with E-state index in [1.165, 1.54) is 4.90 Å². The predicted molar refractivity (Wildman–Crippen MR) is 143 cm³/mol. The van der Waals surface area contributed by atoms with Crippen LogP contribution in [0.5, 0.6) is 11.5 Å². The summed E-state index contributed by atoms with van der Waals surface area (Å²) in [6.45, 7) is 6.60. The van der Waals surface area contributed by atoms with E-state index in [2.05, 4.69) is 29.8 Å². The molecule has 1 fully saturated rings. The topological polar surface area (TPSA) is 76.1 Å². The fraction of sp³-hybridized carbons (Fsp3) is 0.241. The van der Waals surface area contributed by atoms with Crippen LogP contribution < -0.4 is 14.4 Å². The molecule has 1 N–H and O–H groups in total. The van der Waals surface area contributed by atoms with E-state index < -0.39 is 17.7 Å². The zero-order valence-corrected chi connectivity index (χ0v) is 22.2. The number of halogens is 1. The number of hydrogen-bond donors (Lipinski definition) is 1. The van der Waals surface area contributed by atoms with Crippen molar-refractivity contribution in [2.45, 2.75) is 26.8 Å². The molecule has 6 nitrogen and oxygen atoms in total. The molecule has 1 atom stereocenters. The standard InChI is InChI=1S/C29H28BrNO5/c1-17(2)16-36-22-7-5-6-19(14-22)26-25(27(32)20-10-13-24(35-4)23(30)15-20)28(33)29(34)31(26)21-11-8-18(3)9-12-21/h5-15,17,26,32H,16H2,1-4H3/b27-25+. The molecular weight excluding hydrogens is 522 g/mol. The Morgan fingerprint density at radius 2 is 1.78 bits per heavy atom. The molecule has 36 heavy (non-hydrogen) atoms. The van der Waals surface area contributed by atoms with Gasteiger partial charge >= 0.3 is 0 Å². The van der Waals surface area contributed by atoms with Crippen LogP contribution in [0.25, 0.3) is 5.76 Å². The Morgan fingerprint density at radius 1 is 1.06 bits per heavy atom. The van der Waals surface area contributed by atoms with Gasteiger partial charge in [0.2, 0.25) is 0 Å². The third-order valence-electron chi connectivity index (χ3n) is 5.94. The van der Waals surface area contributed by atoms with Gasteiger partial charge in [0.1, 0.15) is 17.3 Å². The Bertz CT molecular complexity index is 1330. The van der Waals surface area contributed by atoms with Crippen LogP contribution in [0.2, 0.25) is 0 Å². The van der Waals surface area contributed by atoms with E-state index >= 15 is 0 Å². The molecule has 1 saturated heterocycles. The van der Waals surface area contributed by atoms with Gasteiger partial charge in [0, 0.05) is 11.3 Å². The lowest BCUT2D eigenvalue weighted by Crippen LogP contribution is -2.29. The van der Waals surface area contributed by atoms with E-state index in [4.69, 9.17) is 9.47 Å². The number of benzene rings is 3. The van der Waals surface area contributed by atoms with Gasteiger partial charge in [0.15, 0.2) is 0 Å². The number of nitrogens with zero attached hydrogens (tertiary/aromatic N) is 1. The second-order valence-corrected chi connectivity index (χ2v) is 9.99. The van der Waals surface area contributed by atoms with Gasteiger partial charge in [0.05, 0.1) is 29.8 Å². The van der Waals surface area contributed by atoms with Crippen LogP contribution in [0.4, 0.5) is 5.69 Å². The molecule has 0 spiro atoms. The number of ketones is 1. The Hall–Kier alpha value is -3.58. The molecule has 3 aromatic rings. The molecule has 186 valence electrons. The van der Waals surface area contributed by atoms with Gasteiger partial charge in [-0.2, -0.15) is 0 Å². The van der Waals surface area contributed by atoms with E-state index in [0.29, 0.717) is 45.3 Å². The third kappa shape index (κ3) is 5.02. The summed E-state index contributed by atoms with van der Waals surface area (Å²) in [5.41, 5.74) is 2.65. The first-order valence-electron chi connectivity index (χ1n) is 11.7. The molecule has 0 bridgehead atoms. The summed E-state index contributed by atoms with van der Waals surface area (Å²) in [7, 11) is 1.54. The minimum atomic E-state index is -0.837. The summed E-state index contributed by atoms with van der Waals surface area (Å²) >= 11 is 3.43. The highest BCUT2D eigenvalue weighted by molar-refractivity contribution is 9.10. The van der Waals surface area contributed by atoms with Gasteiger partial charge in [-0.25, -0.2) is 0 Å². The average Bonchev–Trinajstić information content (AvgIpc) is 3.13. The molecule has 4 rings (SSSR count). The first-order valence-corrected chi connectivity index (χ1v) is 12.4. The van der Waals surface area contributed by atoms with E-state index in [9.17, 15) is 14.7 Å². The number of ether oxygens (including phenoxy) is 2. The fourth-order valence-corrected chi connectivity index (χ4v) is 4.67. The van der Waals surface area contributed by atoms with E-state index in [1.54, 1.807) is 37.4 Å². The van der Waals surface area contributed by atoms with E-state index in [0.717, 1.165) is 5.56 Å². The van der Waals surface area contributed by atoms with Crippen molar-refractivity contribution in [2.24, 2.45) is 5.92 Å². The van der Waals surface area contributed by atoms with Crippen molar-refractivity contribution < 1.29 is 24.2 Å². The predicted octanol–water partition coefficient (Wildman–Crippen LogP) is 6.43. The lowest BCUT2D eigenvalue weighted by molar-refractivity contribution is -0.132. The van der Waals surface area contributed by atoms with Crippen LogP contribution in [-0.2, 0) is 9.59 Å². The molecule has 0 radical (unpaired) electrons.